The molecule has 2 atom stereocenters. The van der Waals surface area contributed by atoms with Crippen LogP contribution in [-0.4, -0.2) is 17.2 Å². The lowest BCUT2D eigenvalue weighted by atomic mass is 9.93. The van der Waals surface area contributed by atoms with Crippen LogP contribution in [0.5, 0.6) is 0 Å². The van der Waals surface area contributed by atoms with Gasteiger partial charge in [-0.25, -0.2) is 0 Å². The van der Waals surface area contributed by atoms with E-state index in [9.17, 15) is 4.79 Å². The third-order valence-electron chi connectivity index (χ3n) is 2.93. The summed E-state index contributed by atoms with van der Waals surface area (Å²) >= 11 is 0. The van der Waals surface area contributed by atoms with Crippen LogP contribution in [0, 0.1) is 6.92 Å². The summed E-state index contributed by atoms with van der Waals surface area (Å²) in [7, 11) is 2.64. The van der Waals surface area contributed by atoms with Gasteiger partial charge < -0.3 is 10.6 Å². The summed E-state index contributed by atoms with van der Waals surface area (Å²) in [6, 6.07) is 6.01. The lowest BCUT2D eigenvalue weighted by molar-refractivity contribution is -0.134. The smallest absolute Gasteiger partial charge is 0.269 e. The van der Waals surface area contributed by atoms with E-state index in [1.165, 1.54) is 6.08 Å². The van der Waals surface area contributed by atoms with Gasteiger partial charge in [0.1, 0.15) is 0 Å². The maximum Gasteiger partial charge on any atom is 0.269 e. The van der Waals surface area contributed by atoms with Gasteiger partial charge in [0, 0.05) is 12.0 Å². The van der Waals surface area contributed by atoms with E-state index in [0.717, 1.165) is 16.4 Å². The molecule has 1 aliphatic rings. The monoisotopic (exact) mass is 262 g/mol. The number of carbonyl (C=O) groups is 1. The third kappa shape index (κ3) is 2.16. The molecule has 0 aromatic heterocycles. The van der Waals surface area contributed by atoms with E-state index in [2.05, 4.69) is 21.0 Å². The zero-order valence-corrected chi connectivity index (χ0v) is 11.3. The largest absolute Gasteiger partial charge is 0.374 e. The minimum Gasteiger partial charge on any atom is -0.374 e. The fourth-order valence-corrected chi connectivity index (χ4v) is 2.37. The van der Waals surface area contributed by atoms with E-state index in [4.69, 9.17) is 10.6 Å². The van der Waals surface area contributed by atoms with Crippen molar-refractivity contribution in [3.63, 3.8) is 0 Å². The fraction of sp³-hybridized carbons (Fsp3) is 0.231. The number of nitrogens with two attached hydrogens (primary N) is 1. The summed E-state index contributed by atoms with van der Waals surface area (Å²) < 4.78 is 0. The molecule has 0 saturated carbocycles. The van der Waals surface area contributed by atoms with Crippen LogP contribution in [-0.2, 0) is 9.63 Å². The lowest BCUT2D eigenvalue weighted by Gasteiger charge is -2.17. The molecule has 2 unspecified atom stereocenters. The molecule has 1 aliphatic heterocycles. The standard InChI is InChI=1S/C13H15N2O2P/c1-3-13(12(14)16)7-11(15-17-13)9-4-8(2)5-10(18)6-9/h3-6H,1,7,18H2,2H3,(H2,14,16). The molecule has 2 N–H and O–H groups in total. The quantitative estimate of drug-likeness (QED) is 0.653. The van der Waals surface area contributed by atoms with Crippen LogP contribution >= 0.6 is 9.24 Å². The Hall–Kier alpha value is -1.67. The lowest BCUT2D eigenvalue weighted by Crippen LogP contribution is -2.42. The molecule has 1 aromatic rings. The maximum absolute atomic E-state index is 11.4. The topological polar surface area (TPSA) is 64.7 Å². The molecule has 1 aromatic carbocycles. The second-order valence-electron chi connectivity index (χ2n) is 4.40. The number of hydrogen-bond acceptors (Lipinski definition) is 3. The van der Waals surface area contributed by atoms with E-state index in [1.54, 1.807) is 0 Å². The number of nitrogens with zero attached hydrogens (tertiary/aromatic N) is 1. The number of amides is 1. The average Bonchev–Trinajstić information content (AvgIpc) is 2.73. The summed E-state index contributed by atoms with van der Waals surface area (Å²) in [5.74, 6) is -0.574. The number of aryl methyl sites for hydroxylation is 1. The Morgan fingerprint density at radius 1 is 1.61 bits per heavy atom. The van der Waals surface area contributed by atoms with Gasteiger partial charge in [-0.1, -0.05) is 23.9 Å². The fourth-order valence-electron chi connectivity index (χ4n) is 1.93. The number of primary amides is 1. The molecule has 0 saturated heterocycles. The van der Waals surface area contributed by atoms with Crippen LogP contribution in [0.3, 0.4) is 0 Å². The van der Waals surface area contributed by atoms with Gasteiger partial charge in [-0.3, -0.25) is 4.79 Å². The third-order valence-corrected chi connectivity index (χ3v) is 3.26. The Labute approximate surface area is 108 Å². The van der Waals surface area contributed by atoms with Gasteiger partial charge in [-0.2, -0.15) is 0 Å². The Kier molecular flexibility index (Phi) is 3.22. The van der Waals surface area contributed by atoms with Crippen molar-refractivity contribution < 1.29 is 9.63 Å². The molecule has 1 heterocycles. The maximum atomic E-state index is 11.4. The van der Waals surface area contributed by atoms with E-state index < -0.39 is 11.5 Å². The van der Waals surface area contributed by atoms with Crippen molar-refractivity contribution >= 4 is 26.2 Å². The van der Waals surface area contributed by atoms with E-state index in [0.29, 0.717) is 12.1 Å². The molecular formula is C13H15N2O2P. The van der Waals surface area contributed by atoms with Crippen LogP contribution in [0.1, 0.15) is 17.5 Å². The molecule has 5 heteroatoms. The van der Waals surface area contributed by atoms with Crippen LogP contribution in [0.15, 0.2) is 36.0 Å². The van der Waals surface area contributed by atoms with Crippen molar-refractivity contribution in [2.75, 3.05) is 0 Å². The first-order valence-corrected chi connectivity index (χ1v) is 6.11. The summed E-state index contributed by atoms with van der Waals surface area (Å²) in [5, 5.41) is 5.03. The minimum atomic E-state index is -1.21. The molecule has 0 aliphatic carbocycles. The Balaban J connectivity index is 2.33. The van der Waals surface area contributed by atoms with E-state index in [1.807, 2.05) is 25.1 Å². The molecule has 18 heavy (non-hydrogen) atoms. The minimum absolute atomic E-state index is 0.319. The van der Waals surface area contributed by atoms with Crippen molar-refractivity contribution in [3.8, 4) is 0 Å². The molecule has 0 bridgehead atoms. The molecule has 4 nitrogen and oxygen atoms in total. The average molecular weight is 262 g/mol. The van der Waals surface area contributed by atoms with Gasteiger partial charge in [0.15, 0.2) is 0 Å². The number of carbonyl (C=O) groups excluding carboxylic acids is 1. The highest BCUT2D eigenvalue weighted by Gasteiger charge is 2.42. The molecule has 1 amide bonds. The van der Waals surface area contributed by atoms with Crippen LogP contribution in [0.4, 0.5) is 0 Å². The Bertz CT molecular complexity index is 534. The number of benzene rings is 1. The van der Waals surface area contributed by atoms with Crippen LogP contribution in [0.25, 0.3) is 0 Å². The van der Waals surface area contributed by atoms with Crippen molar-refractivity contribution in [2.24, 2.45) is 10.9 Å². The number of rotatable bonds is 3. The normalized spacial score (nSPS) is 22.2. The molecule has 0 fully saturated rings. The predicted molar refractivity (Wildman–Crippen MR) is 74.9 cm³/mol. The van der Waals surface area contributed by atoms with Crippen molar-refractivity contribution in [3.05, 3.63) is 42.0 Å². The van der Waals surface area contributed by atoms with Crippen LogP contribution < -0.4 is 11.0 Å². The predicted octanol–water partition coefficient (Wildman–Crippen LogP) is 1.03. The van der Waals surface area contributed by atoms with E-state index >= 15 is 0 Å². The Morgan fingerprint density at radius 2 is 2.33 bits per heavy atom. The van der Waals surface area contributed by atoms with Crippen molar-refractivity contribution in [1.82, 2.24) is 0 Å². The summed E-state index contributed by atoms with van der Waals surface area (Å²) in [4.78, 5) is 16.6. The van der Waals surface area contributed by atoms with Gasteiger partial charge >= 0.3 is 0 Å². The van der Waals surface area contributed by atoms with Crippen molar-refractivity contribution in [1.29, 1.82) is 0 Å². The zero-order chi connectivity index (χ0) is 13.3. The highest BCUT2D eigenvalue weighted by atomic mass is 31.0. The zero-order valence-electron chi connectivity index (χ0n) is 10.1. The number of hydrogen-bond donors (Lipinski definition) is 1. The van der Waals surface area contributed by atoms with Crippen molar-refractivity contribution in [2.45, 2.75) is 18.9 Å². The van der Waals surface area contributed by atoms with Gasteiger partial charge in [-0.15, -0.1) is 9.24 Å². The molecule has 2 rings (SSSR count). The number of oxime groups is 1. The summed E-state index contributed by atoms with van der Waals surface area (Å²) in [6.07, 6.45) is 1.72. The van der Waals surface area contributed by atoms with Gasteiger partial charge in [0.25, 0.3) is 5.91 Å². The second kappa shape index (κ2) is 4.54. The van der Waals surface area contributed by atoms with Gasteiger partial charge in [0.2, 0.25) is 5.60 Å². The summed E-state index contributed by atoms with van der Waals surface area (Å²) in [5.41, 5.74) is 6.89. The molecule has 0 radical (unpaired) electrons. The molecule has 0 spiro atoms. The van der Waals surface area contributed by atoms with Gasteiger partial charge in [-0.05, 0) is 29.9 Å². The molecule has 94 valence electrons. The van der Waals surface area contributed by atoms with Gasteiger partial charge in [0.05, 0.1) is 5.71 Å². The summed E-state index contributed by atoms with van der Waals surface area (Å²) in [6.45, 7) is 5.60. The first-order chi connectivity index (χ1) is 8.47. The highest BCUT2D eigenvalue weighted by molar-refractivity contribution is 7.27. The first-order valence-electron chi connectivity index (χ1n) is 5.53. The molecular weight excluding hydrogens is 247 g/mol. The Morgan fingerprint density at radius 3 is 2.83 bits per heavy atom. The SMILES string of the molecule is C=CC1(C(N)=O)CC(c2cc(C)cc(P)c2)=NO1. The second-order valence-corrected chi connectivity index (χ2v) is 5.06. The van der Waals surface area contributed by atoms with E-state index in [-0.39, 0.29) is 0 Å². The first kappa shape index (κ1) is 12.8. The highest BCUT2D eigenvalue weighted by Crippen LogP contribution is 2.27. The van der Waals surface area contributed by atoms with Crippen LogP contribution in [0.2, 0.25) is 0 Å².